The number of hydrogen-bond donors (Lipinski definition) is 1. The van der Waals surface area contributed by atoms with Crippen LogP contribution in [0.2, 0.25) is 0 Å². The van der Waals surface area contributed by atoms with E-state index in [0.29, 0.717) is 6.04 Å². The lowest BCUT2D eigenvalue weighted by Gasteiger charge is -2.31. The molecule has 4 fully saturated rings. The van der Waals surface area contributed by atoms with Crippen molar-refractivity contribution >= 4 is 17.8 Å². The van der Waals surface area contributed by atoms with Crippen LogP contribution in [0.4, 0.5) is 4.79 Å². The molecule has 4 rings (SSSR count). The lowest BCUT2D eigenvalue weighted by Crippen LogP contribution is -2.44. The number of imide groups is 1. The predicted octanol–water partition coefficient (Wildman–Crippen LogP) is 1.36. The Morgan fingerprint density at radius 2 is 2.04 bits per heavy atom. The molecule has 1 N–H and O–H groups in total. The van der Waals surface area contributed by atoms with Gasteiger partial charge in [0, 0.05) is 12.6 Å². The molecule has 0 aromatic heterocycles. The molecule has 6 nitrogen and oxygen atoms in total. The molecule has 2 aliphatic heterocycles. The highest BCUT2D eigenvalue weighted by Crippen LogP contribution is 2.50. The maximum absolute atomic E-state index is 12.6. The third-order valence-corrected chi connectivity index (χ3v) is 6.35. The lowest BCUT2D eigenvalue weighted by molar-refractivity contribution is -0.132. The van der Waals surface area contributed by atoms with Crippen LogP contribution in [0.25, 0.3) is 0 Å². The molecule has 4 aliphatic rings. The van der Waals surface area contributed by atoms with Crippen LogP contribution < -0.4 is 5.32 Å². The summed E-state index contributed by atoms with van der Waals surface area (Å²) in [5.74, 6) is 2.31. The lowest BCUT2D eigenvalue weighted by atomic mass is 9.83. The summed E-state index contributed by atoms with van der Waals surface area (Å²) >= 11 is 0. The van der Waals surface area contributed by atoms with Gasteiger partial charge in [-0.1, -0.05) is 6.42 Å². The van der Waals surface area contributed by atoms with Crippen molar-refractivity contribution in [1.82, 2.24) is 15.1 Å². The molecule has 2 bridgehead atoms. The monoisotopic (exact) mass is 319 g/mol. The molecule has 2 saturated carbocycles. The maximum Gasteiger partial charge on any atom is 0.325 e. The number of urea groups is 1. The van der Waals surface area contributed by atoms with Gasteiger partial charge in [-0.25, -0.2) is 4.79 Å². The summed E-state index contributed by atoms with van der Waals surface area (Å²) in [7, 11) is 0. The second-order valence-electron chi connectivity index (χ2n) is 7.76. The van der Waals surface area contributed by atoms with E-state index in [1.807, 2.05) is 4.90 Å². The van der Waals surface area contributed by atoms with Crippen molar-refractivity contribution in [2.75, 3.05) is 19.6 Å². The van der Waals surface area contributed by atoms with E-state index in [0.717, 1.165) is 43.6 Å². The van der Waals surface area contributed by atoms with Crippen molar-refractivity contribution in [3.8, 4) is 0 Å². The third kappa shape index (κ3) is 2.83. The van der Waals surface area contributed by atoms with Crippen LogP contribution in [0.5, 0.6) is 0 Å². The average Bonchev–Trinajstić information content (AvgIpc) is 3.25. The Bertz CT molecular complexity index is 535. The largest absolute Gasteiger partial charge is 0.338 e. The molecule has 0 aromatic rings. The normalized spacial score (nSPS) is 36.2. The highest BCUT2D eigenvalue weighted by Gasteiger charge is 2.42. The summed E-state index contributed by atoms with van der Waals surface area (Å²) in [6, 6.07) is -0.0968. The van der Waals surface area contributed by atoms with Gasteiger partial charge >= 0.3 is 6.03 Å². The van der Waals surface area contributed by atoms with Crippen LogP contribution in [0.1, 0.15) is 44.9 Å². The van der Waals surface area contributed by atoms with E-state index >= 15 is 0 Å². The second kappa shape index (κ2) is 5.80. The van der Waals surface area contributed by atoms with E-state index in [4.69, 9.17) is 0 Å². The van der Waals surface area contributed by atoms with E-state index < -0.39 is 6.03 Å². The number of nitrogens with zero attached hydrogens (tertiary/aromatic N) is 2. The first-order valence-corrected chi connectivity index (χ1v) is 8.98. The Hall–Kier alpha value is -1.59. The summed E-state index contributed by atoms with van der Waals surface area (Å²) in [6.45, 7) is 0.841. The number of carbonyl (C=O) groups excluding carboxylic acids is 3. The molecule has 0 aromatic carbocycles. The first-order valence-electron chi connectivity index (χ1n) is 8.98. The number of nitrogens with one attached hydrogen (secondary N) is 1. The molecule has 0 spiro atoms. The first kappa shape index (κ1) is 15.0. The standard InChI is InChI=1S/C17H25N3O3/c21-15-9-19(17(23)18-15)10-16(22)20-5-1-2-14(20)8-13-7-11-3-4-12(13)6-11/h11-14H,1-10H2,(H,18,21,23)/t11-,12-,13-,14+/m0/s1. The first-order chi connectivity index (χ1) is 11.1. The Kier molecular flexibility index (Phi) is 3.77. The minimum atomic E-state index is -0.438. The fourth-order valence-corrected chi connectivity index (χ4v) is 5.29. The number of hydrogen-bond acceptors (Lipinski definition) is 3. The zero-order valence-corrected chi connectivity index (χ0v) is 13.5. The molecule has 2 heterocycles. The van der Waals surface area contributed by atoms with Gasteiger partial charge in [-0.15, -0.1) is 0 Å². The van der Waals surface area contributed by atoms with Gasteiger partial charge in [0.05, 0.1) is 0 Å². The molecule has 6 heteroatoms. The molecule has 2 saturated heterocycles. The molecule has 126 valence electrons. The Labute approximate surface area is 136 Å². The highest BCUT2D eigenvalue weighted by molar-refractivity contribution is 6.03. The van der Waals surface area contributed by atoms with Gasteiger partial charge in [-0.05, 0) is 56.3 Å². The molecular formula is C17H25N3O3. The number of fused-ring (bicyclic) bond motifs is 2. The molecule has 4 atom stereocenters. The van der Waals surface area contributed by atoms with E-state index in [9.17, 15) is 14.4 Å². The Morgan fingerprint density at radius 1 is 1.17 bits per heavy atom. The van der Waals surface area contributed by atoms with Crippen LogP contribution >= 0.6 is 0 Å². The van der Waals surface area contributed by atoms with Crippen LogP contribution in [-0.2, 0) is 9.59 Å². The van der Waals surface area contributed by atoms with Gasteiger partial charge in [0.25, 0.3) is 0 Å². The van der Waals surface area contributed by atoms with E-state index in [2.05, 4.69) is 5.32 Å². The number of likely N-dealkylation sites (tertiary alicyclic amines) is 1. The Balaban J connectivity index is 1.34. The smallest absolute Gasteiger partial charge is 0.325 e. The van der Waals surface area contributed by atoms with Gasteiger partial charge < -0.3 is 9.80 Å². The van der Waals surface area contributed by atoms with Gasteiger partial charge in [0.1, 0.15) is 13.1 Å². The van der Waals surface area contributed by atoms with Crippen molar-refractivity contribution in [3.63, 3.8) is 0 Å². The summed E-state index contributed by atoms with van der Waals surface area (Å²) < 4.78 is 0. The zero-order valence-electron chi connectivity index (χ0n) is 13.5. The van der Waals surface area contributed by atoms with Crippen LogP contribution in [0, 0.1) is 17.8 Å². The van der Waals surface area contributed by atoms with Gasteiger partial charge in [-0.2, -0.15) is 0 Å². The second-order valence-corrected chi connectivity index (χ2v) is 7.76. The highest BCUT2D eigenvalue weighted by atomic mass is 16.2. The molecule has 2 aliphatic carbocycles. The van der Waals surface area contributed by atoms with Crippen LogP contribution in [0.3, 0.4) is 0 Å². The van der Waals surface area contributed by atoms with Crippen LogP contribution in [0.15, 0.2) is 0 Å². The minimum Gasteiger partial charge on any atom is -0.338 e. The molecule has 4 amide bonds. The molecule has 0 radical (unpaired) electrons. The van der Waals surface area contributed by atoms with Crippen molar-refractivity contribution in [1.29, 1.82) is 0 Å². The third-order valence-electron chi connectivity index (χ3n) is 6.35. The zero-order chi connectivity index (χ0) is 16.0. The van der Waals surface area contributed by atoms with Gasteiger partial charge in [-0.3, -0.25) is 14.9 Å². The van der Waals surface area contributed by atoms with Gasteiger partial charge in [0.2, 0.25) is 11.8 Å². The SMILES string of the molecule is O=C1CN(CC(=O)N2CCC[C@@H]2C[C@@H]2C[C@H]3CC[C@H]2C3)C(=O)N1. The number of rotatable bonds is 4. The van der Waals surface area contributed by atoms with Crippen LogP contribution in [-0.4, -0.2) is 53.3 Å². The number of amides is 4. The van der Waals surface area contributed by atoms with Crippen molar-refractivity contribution in [2.24, 2.45) is 17.8 Å². The predicted molar refractivity (Wildman–Crippen MR) is 83.4 cm³/mol. The summed E-state index contributed by atoms with van der Waals surface area (Å²) in [4.78, 5) is 38.7. The Morgan fingerprint density at radius 3 is 2.70 bits per heavy atom. The fraction of sp³-hybridized carbons (Fsp3) is 0.824. The minimum absolute atomic E-state index is 0.000469. The molecular weight excluding hydrogens is 294 g/mol. The van der Waals surface area contributed by atoms with Gasteiger partial charge in [0.15, 0.2) is 0 Å². The van der Waals surface area contributed by atoms with E-state index in [-0.39, 0.29) is 24.9 Å². The summed E-state index contributed by atoms with van der Waals surface area (Å²) in [6.07, 6.45) is 8.83. The maximum atomic E-state index is 12.6. The average molecular weight is 319 g/mol. The van der Waals surface area contributed by atoms with E-state index in [1.165, 1.54) is 30.6 Å². The summed E-state index contributed by atoms with van der Waals surface area (Å²) in [5, 5.41) is 2.23. The quantitative estimate of drug-likeness (QED) is 0.795. The van der Waals surface area contributed by atoms with Crippen molar-refractivity contribution in [3.05, 3.63) is 0 Å². The molecule has 0 unspecified atom stereocenters. The molecule has 23 heavy (non-hydrogen) atoms. The van der Waals surface area contributed by atoms with E-state index in [1.54, 1.807) is 0 Å². The van der Waals surface area contributed by atoms with Crippen molar-refractivity contribution in [2.45, 2.75) is 51.0 Å². The number of carbonyl (C=O) groups is 3. The van der Waals surface area contributed by atoms with Crippen molar-refractivity contribution < 1.29 is 14.4 Å². The topological polar surface area (TPSA) is 69.7 Å². The fourth-order valence-electron chi connectivity index (χ4n) is 5.29. The summed E-state index contributed by atoms with van der Waals surface area (Å²) in [5.41, 5.74) is 0.